The lowest BCUT2D eigenvalue weighted by Crippen LogP contribution is -2.33. The molecule has 0 saturated heterocycles. The van der Waals surface area contributed by atoms with Gasteiger partial charge in [-0.3, -0.25) is 0 Å². The Morgan fingerprint density at radius 2 is 1.92 bits per heavy atom. The Kier molecular flexibility index (Phi) is 3.41. The molecule has 0 aromatic carbocycles. The molecule has 0 fully saturated rings. The van der Waals surface area contributed by atoms with Crippen LogP contribution >= 0.6 is 12.6 Å². The first kappa shape index (κ1) is 9.39. The average Bonchev–Trinajstić information content (AvgIpc) is 2.06. The first-order valence-corrected chi connectivity index (χ1v) is 4.64. The minimum absolute atomic E-state index is 0.881. The highest BCUT2D eigenvalue weighted by Gasteiger charge is 1.99. The van der Waals surface area contributed by atoms with Gasteiger partial charge in [-0.25, -0.2) is 4.57 Å². The molecule has 0 amide bonds. The van der Waals surface area contributed by atoms with Crippen molar-refractivity contribution < 1.29 is 4.57 Å². The van der Waals surface area contributed by atoms with E-state index in [0.29, 0.717) is 0 Å². The van der Waals surface area contributed by atoms with Crippen molar-refractivity contribution in [3.63, 3.8) is 0 Å². The lowest BCUT2D eigenvalue weighted by molar-refractivity contribution is -0.692. The normalized spacial score (nSPS) is 9.92. The summed E-state index contributed by atoms with van der Waals surface area (Å²) in [7, 11) is 4.08. The summed E-state index contributed by atoms with van der Waals surface area (Å²) in [5.74, 6) is 0.881. The number of pyridine rings is 1. The lowest BCUT2D eigenvalue weighted by atomic mass is 10.4. The van der Waals surface area contributed by atoms with Gasteiger partial charge in [0.05, 0.1) is 0 Å². The fraction of sp³-hybridized carbons (Fsp3) is 0.444. The topological polar surface area (TPSA) is 7.12 Å². The Morgan fingerprint density at radius 3 is 2.33 bits per heavy atom. The van der Waals surface area contributed by atoms with Crippen LogP contribution in [0.4, 0.5) is 5.69 Å². The number of aryl methyl sites for hydroxylation is 1. The van der Waals surface area contributed by atoms with E-state index in [9.17, 15) is 0 Å². The molecule has 0 spiro atoms. The Balaban J connectivity index is 2.71. The third kappa shape index (κ3) is 2.41. The van der Waals surface area contributed by atoms with Crippen LogP contribution in [0.3, 0.4) is 0 Å². The second-order valence-corrected chi connectivity index (χ2v) is 3.36. The van der Waals surface area contributed by atoms with Crippen LogP contribution in [0.1, 0.15) is 0 Å². The standard InChI is InChI=1S/C9H14N2S/c1-10(2)9-3-5-11(6-4-9)7-8-12/h3-6H,7-8H2,1-2H3/p+1. The smallest absolute Gasteiger partial charge is 0.170 e. The molecule has 3 heteroatoms. The summed E-state index contributed by atoms with van der Waals surface area (Å²) in [6.45, 7) is 0.969. The average molecular weight is 183 g/mol. The zero-order valence-electron chi connectivity index (χ0n) is 7.57. The maximum Gasteiger partial charge on any atom is 0.170 e. The van der Waals surface area contributed by atoms with Crippen molar-refractivity contribution in [3.05, 3.63) is 24.5 Å². The molecule has 1 aromatic rings. The first-order valence-electron chi connectivity index (χ1n) is 4.01. The Labute approximate surface area is 79.2 Å². The van der Waals surface area contributed by atoms with Gasteiger partial charge >= 0.3 is 0 Å². The van der Waals surface area contributed by atoms with Crippen molar-refractivity contribution in [3.8, 4) is 0 Å². The van der Waals surface area contributed by atoms with Crippen molar-refractivity contribution in [1.82, 2.24) is 0 Å². The molecular formula is C9H15N2S+. The van der Waals surface area contributed by atoms with Crippen LogP contribution < -0.4 is 9.47 Å². The largest absolute Gasteiger partial charge is 0.377 e. The van der Waals surface area contributed by atoms with Crippen molar-refractivity contribution >= 4 is 18.3 Å². The maximum atomic E-state index is 4.17. The zero-order valence-corrected chi connectivity index (χ0v) is 8.46. The number of nitrogens with zero attached hydrogens (tertiary/aromatic N) is 2. The number of rotatable bonds is 3. The minimum atomic E-state index is 0.881. The molecule has 0 saturated carbocycles. The number of hydrogen-bond donors (Lipinski definition) is 1. The van der Waals surface area contributed by atoms with Gasteiger partial charge < -0.3 is 4.90 Å². The second-order valence-electron chi connectivity index (χ2n) is 2.91. The summed E-state index contributed by atoms with van der Waals surface area (Å²) in [6, 6.07) is 4.20. The van der Waals surface area contributed by atoms with E-state index >= 15 is 0 Å². The maximum absolute atomic E-state index is 4.17. The molecule has 1 aromatic heterocycles. The highest BCUT2D eigenvalue weighted by molar-refractivity contribution is 7.80. The summed E-state index contributed by atoms with van der Waals surface area (Å²) >= 11 is 4.17. The molecule has 0 aliphatic carbocycles. The van der Waals surface area contributed by atoms with E-state index < -0.39 is 0 Å². The number of hydrogen-bond acceptors (Lipinski definition) is 2. The number of anilines is 1. The molecule has 12 heavy (non-hydrogen) atoms. The molecule has 0 radical (unpaired) electrons. The van der Waals surface area contributed by atoms with Crippen LogP contribution in [-0.4, -0.2) is 19.8 Å². The van der Waals surface area contributed by atoms with Gasteiger partial charge in [0.1, 0.15) is 0 Å². The van der Waals surface area contributed by atoms with Gasteiger partial charge in [-0.05, 0) is 0 Å². The van der Waals surface area contributed by atoms with Gasteiger partial charge in [0, 0.05) is 37.7 Å². The highest BCUT2D eigenvalue weighted by Crippen LogP contribution is 2.05. The Morgan fingerprint density at radius 1 is 1.33 bits per heavy atom. The number of thiol groups is 1. The van der Waals surface area contributed by atoms with E-state index in [1.54, 1.807) is 0 Å². The summed E-state index contributed by atoms with van der Waals surface area (Å²) in [6.07, 6.45) is 4.15. The summed E-state index contributed by atoms with van der Waals surface area (Å²) < 4.78 is 2.12. The predicted octanol–water partition coefficient (Wildman–Crippen LogP) is 0.970. The van der Waals surface area contributed by atoms with Crippen LogP contribution in [0.5, 0.6) is 0 Å². The van der Waals surface area contributed by atoms with E-state index in [-0.39, 0.29) is 0 Å². The molecular weight excluding hydrogens is 168 g/mol. The molecule has 1 rings (SSSR count). The predicted molar refractivity (Wildman–Crippen MR) is 54.8 cm³/mol. The van der Waals surface area contributed by atoms with Crippen molar-refractivity contribution in [2.24, 2.45) is 0 Å². The minimum Gasteiger partial charge on any atom is -0.377 e. The SMILES string of the molecule is CN(C)c1cc[n+](CCS)cc1. The van der Waals surface area contributed by atoms with Gasteiger partial charge in [0.2, 0.25) is 0 Å². The summed E-state index contributed by atoms with van der Waals surface area (Å²) in [5.41, 5.74) is 1.23. The molecule has 0 unspecified atom stereocenters. The fourth-order valence-corrected chi connectivity index (χ4v) is 1.24. The van der Waals surface area contributed by atoms with Crippen molar-refractivity contribution in [2.45, 2.75) is 6.54 Å². The fourth-order valence-electron chi connectivity index (χ4n) is 1.01. The van der Waals surface area contributed by atoms with Gasteiger partial charge in [-0.1, -0.05) is 0 Å². The van der Waals surface area contributed by atoms with Crippen LogP contribution in [0.15, 0.2) is 24.5 Å². The van der Waals surface area contributed by atoms with E-state index in [2.05, 4.69) is 46.6 Å². The molecule has 0 atom stereocenters. The van der Waals surface area contributed by atoms with E-state index in [1.807, 2.05) is 14.1 Å². The summed E-state index contributed by atoms with van der Waals surface area (Å²) in [4.78, 5) is 2.09. The molecule has 2 nitrogen and oxygen atoms in total. The van der Waals surface area contributed by atoms with Gasteiger partial charge in [0.25, 0.3) is 0 Å². The van der Waals surface area contributed by atoms with E-state index in [0.717, 1.165) is 12.3 Å². The van der Waals surface area contributed by atoms with Crippen LogP contribution in [0.2, 0.25) is 0 Å². The van der Waals surface area contributed by atoms with Crippen LogP contribution in [0, 0.1) is 0 Å². The zero-order chi connectivity index (χ0) is 8.97. The second kappa shape index (κ2) is 4.36. The quantitative estimate of drug-likeness (QED) is 0.542. The molecule has 1 heterocycles. The first-order chi connectivity index (χ1) is 5.74. The Hall–Kier alpha value is -0.700. The number of aromatic nitrogens is 1. The van der Waals surface area contributed by atoms with Gasteiger partial charge in [0.15, 0.2) is 18.9 Å². The monoisotopic (exact) mass is 183 g/mol. The van der Waals surface area contributed by atoms with Crippen molar-refractivity contribution in [2.75, 3.05) is 24.7 Å². The third-order valence-corrected chi connectivity index (χ3v) is 1.95. The van der Waals surface area contributed by atoms with Crippen molar-refractivity contribution in [1.29, 1.82) is 0 Å². The third-order valence-electron chi connectivity index (χ3n) is 1.75. The van der Waals surface area contributed by atoms with E-state index in [1.165, 1.54) is 5.69 Å². The summed E-state index contributed by atoms with van der Waals surface area (Å²) in [5, 5.41) is 0. The lowest BCUT2D eigenvalue weighted by Gasteiger charge is -2.10. The van der Waals surface area contributed by atoms with Gasteiger partial charge in [-0.15, -0.1) is 0 Å². The molecule has 0 aliphatic heterocycles. The molecule has 0 aliphatic rings. The molecule has 66 valence electrons. The van der Waals surface area contributed by atoms with Gasteiger partial charge in [-0.2, -0.15) is 12.6 Å². The molecule has 0 bridgehead atoms. The van der Waals surface area contributed by atoms with E-state index in [4.69, 9.17) is 0 Å². The van der Waals surface area contributed by atoms with Crippen LogP contribution in [-0.2, 0) is 6.54 Å². The van der Waals surface area contributed by atoms with Crippen LogP contribution in [0.25, 0.3) is 0 Å². The highest BCUT2D eigenvalue weighted by atomic mass is 32.1. The molecule has 0 N–H and O–H groups in total. The Bertz CT molecular complexity index is 231.